The fourth-order valence-electron chi connectivity index (χ4n) is 2.88. The van der Waals surface area contributed by atoms with E-state index < -0.39 is 11.2 Å². The Morgan fingerprint density at radius 3 is 2.52 bits per heavy atom. The largest absolute Gasteiger partial charge is 0.340 e. The van der Waals surface area contributed by atoms with Crippen LogP contribution in [0.1, 0.15) is 17.0 Å². The molecule has 1 N–H and O–H groups in total. The van der Waals surface area contributed by atoms with E-state index in [4.69, 9.17) is 0 Å². The van der Waals surface area contributed by atoms with Gasteiger partial charge in [0.1, 0.15) is 6.54 Å². The van der Waals surface area contributed by atoms with Crippen molar-refractivity contribution < 1.29 is 4.79 Å². The zero-order chi connectivity index (χ0) is 19.6. The fraction of sp³-hybridized carbons (Fsp3) is 0.263. The summed E-state index contributed by atoms with van der Waals surface area (Å²) >= 11 is 0. The third-order valence-corrected chi connectivity index (χ3v) is 4.47. The SMILES string of the molecule is Cc1nn(-c2ccccc2)c(C)c1CN(C)C(=O)Cn1ccc(=O)[nH]c1=O. The van der Waals surface area contributed by atoms with Gasteiger partial charge in [0, 0.05) is 37.1 Å². The third kappa shape index (κ3) is 3.89. The topological polar surface area (TPSA) is 93.0 Å². The summed E-state index contributed by atoms with van der Waals surface area (Å²) in [5.74, 6) is -0.240. The second kappa shape index (κ2) is 7.45. The smallest absolute Gasteiger partial charge is 0.328 e. The molecular formula is C19H21N5O3. The van der Waals surface area contributed by atoms with Gasteiger partial charge < -0.3 is 4.90 Å². The van der Waals surface area contributed by atoms with E-state index >= 15 is 0 Å². The summed E-state index contributed by atoms with van der Waals surface area (Å²) in [5, 5.41) is 4.58. The lowest BCUT2D eigenvalue weighted by Gasteiger charge is -2.18. The van der Waals surface area contributed by atoms with Crippen LogP contribution in [0.4, 0.5) is 0 Å². The monoisotopic (exact) mass is 367 g/mol. The molecule has 140 valence electrons. The number of likely N-dealkylation sites (N-methyl/N-ethyl adjacent to an activating group) is 1. The molecule has 0 aliphatic carbocycles. The van der Waals surface area contributed by atoms with Crippen LogP contribution < -0.4 is 11.2 Å². The van der Waals surface area contributed by atoms with E-state index in [9.17, 15) is 14.4 Å². The van der Waals surface area contributed by atoms with E-state index in [1.807, 2.05) is 48.9 Å². The van der Waals surface area contributed by atoms with Crippen LogP contribution in [0.2, 0.25) is 0 Å². The van der Waals surface area contributed by atoms with Gasteiger partial charge in [-0.2, -0.15) is 5.10 Å². The first kappa shape index (κ1) is 18.4. The molecule has 0 atom stereocenters. The molecule has 3 rings (SSSR count). The first-order valence-electron chi connectivity index (χ1n) is 8.51. The average molecular weight is 367 g/mol. The molecule has 2 heterocycles. The number of aryl methyl sites for hydroxylation is 1. The normalized spacial score (nSPS) is 10.8. The van der Waals surface area contributed by atoms with Crippen molar-refractivity contribution in [1.82, 2.24) is 24.2 Å². The molecule has 0 bridgehead atoms. The van der Waals surface area contributed by atoms with Crippen molar-refractivity contribution in [2.24, 2.45) is 0 Å². The molecule has 0 saturated heterocycles. The molecule has 0 fully saturated rings. The highest BCUT2D eigenvalue weighted by molar-refractivity contribution is 5.75. The van der Waals surface area contributed by atoms with Crippen LogP contribution in [0.5, 0.6) is 0 Å². The van der Waals surface area contributed by atoms with Gasteiger partial charge in [-0.1, -0.05) is 18.2 Å². The van der Waals surface area contributed by atoms with Crippen LogP contribution >= 0.6 is 0 Å². The van der Waals surface area contributed by atoms with Crippen molar-refractivity contribution in [3.05, 3.63) is 80.4 Å². The lowest BCUT2D eigenvalue weighted by molar-refractivity contribution is -0.131. The highest BCUT2D eigenvalue weighted by atomic mass is 16.2. The number of aromatic amines is 1. The number of carbonyl (C=O) groups excluding carboxylic acids is 1. The van der Waals surface area contributed by atoms with Gasteiger partial charge in [-0.25, -0.2) is 9.48 Å². The number of nitrogens with zero attached hydrogens (tertiary/aromatic N) is 4. The van der Waals surface area contributed by atoms with Crippen LogP contribution in [0.25, 0.3) is 5.69 Å². The first-order chi connectivity index (χ1) is 12.9. The molecule has 0 aliphatic heterocycles. The zero-order valence-corrected chi connectivity index (χ0v) is 15.5. The second-order valence-electron chi connectivity index (χ2n) is 6.38. The van der Waals surface area contributed by atoms with Crippen molar-refractivity contribution in [3.8, 4) is 5.69 Å². The number of H-pyrrole nitrogens is 1. The predicted molar refractivity (Wildman–Crippen MR) is 101 cm³/mol. The van der Waals surface area contributed by atoms with Gasteiger partial charge in [-0.15, -0.1) is 0 Å². The zero-order valence-electron chi connectivity index (χ0n) is 15.5. The fourth-order valence-corrected chi connectivity index (χ4v) is 2.88. The van der Waals surface area contributed by atoms with Crippen LogP contribution in [0.15, 0.2) is 52.2 Å². The van der Waals surface area contributed by atoms with Crippen molar-refractivity contribution in [3.63, 3.8) is 0 Å². The molecule has 0 spiro atoms. The Kier molecular flexibility index (Phi) is 5.07. The van der Waals surface area contributed by atoms with Gasteiger partial charge in [0.15, 0.2) is 0 Å². The van der Waals surface area contributed by atoms with Crippen molar-refractivity contribution >= 4 is 5.91 Å². The van der Waals surface area contributed by atoms with E-state index in [1.165, 1.54) is 16.8 Å². The Hall–Kier alpha value is -3.42. The van der Waals surface area contributed by atoms with E-state index in [1.54, 1.807) is 11.9 Å². The minimum absolute atomic E-state index is 0.142. The molecule has 1 aromatic carbocycles. The van der Waals surface area contributed by atoms with Crippen molar-refractivity contribution in [2.75, 3.05) is 7.05 Å². The molecule has 0 saturated carbocycles. The van der Waals surface area contributed by atoms with Crippen LogP contribution in [-0.4, -0.2) is 37.2 Å². The summed E-state index contributed by atoms with van der Waals surface area (Å²) < 4.78 is 3.03. The third-order valence-electron chi connectivity index (χ3n) is 4.47. The Morgan fingerprint density at radius 1 is 1.15 bits per heavy atom. The summed E-state index contributed by atoms with van der Waals surface area (Å²) in [7, 11) is 1.68. The van der Waals surface area contributed by atoms with Crippen LogP contribution in [0.3, 0.4) is 0 Å². The minimum atomic E-state index is -0.603. The second-order valence-corrected chi connectivity index (χ2v) is 6.38. The molecule has 3 aromatic rings. The van der Waals surface area contributed by atoms with E-state index in [-0.39, 0.29) is 12.5 Å². The number of nitrogens with one attached hydrogen (secondary N) is 1. The lowest BCUT2D eigenvalue weighted by atomic mass is 10.2. The average Bonchev–Trinajstić information content (AvgIpc) is 2.93. The summed E-state index contributed by atoms with van der Waals surface area (Å²) in [6.45, 7) is 4.11. The molecule has 1 amide bonds. The number of hydrogen-bond acceptors (Lipinski definition) is 4. The first-order valence-corrected chi connectivity index (χ1v) is 8.51. The maximum atomic E-state index is 12.5. The number of benzene rings is 1. The van der Waals surface area contributed by atoms with E-state index in [0.717, 1.165) is 22.6 Å². The number of rotatable bonds is 5. The highest BCUT2D eigenvalue weighted by Gasteiger charge is 2.17. The Morgan fingerprint density at radius 2 is 1.85 bits per heavy atom. The maximum Gasteiger partial charge on any atom is 0.328 e. The molecule has 8 heteroatoms. The van der Waals surface area contributed by atoms with Crippen molar-refractivity contribution in [2.45, 2.75) is 26.9 Å². The van der Waals surface area contributed by atoms with Gasteiger partial charge in [0.2, 0.25) is 5.91 Å². The van der Waals surface area contributed by atoms with Crippen molar-refractivity contribution in [1.29, 1.82) is 0 Å². The lowest BCUT2D eigenvalue weighted by Crippen LogP contribution is -2.36. The number of hydrogen-bond donors (Lipinski definition) is 1. The van der Waals surface area contributed by atoms with Gasteiger partial charge in [0.05, 0.1) is 11.4 Å². The maximum absolute atomic E-state index is 12.5. The molecule has 2 aromatic heterocycles. The molecule has 0 radical (unpaired) electrons. The number of aromatic nitrogens is 4. The summed E-state index contributed by atoms with van der Waals surface area (Å²) in [6.07, 6.45) is 1.32. The highest BCUT2D eigenvalue weighted by Crippen LogP contribution is 2.19. The van der Waals surface area contributed by atoms with Crippen LogP contribution in [-0.2, 0) is 17.9 Å². The molecule has 0 aliphatic rings. The van der Waals surface area contributed by atoms with Crippen LogP contribution in [0, 0.1) is 13.8 Å². The molecular weight excluding hydrogens is 346 g/mol. The summed E-state index contributed by atoms with van der Waals surface area (Å²) in [6, 6.07) is 11.0. The Balaban J connectivity index is 1.78. The Bertz CT molecular complexity index is 1080. The van der Waals surface area contributed by atoms with Gasteiger partial charge in [0.25, 0.3) is 5.56 Å². The summed E-state index contributed by atoms with van der Waals surface area (Å²) in [4.78, 5) is 39.1. The minimum Gasteiger partial charge on any atom is -0.340 e. The Labute approximate surface area is 155 Å². The predicted octanol–water partition coefficient (Wildman–Crippen LogP) is 0.998. The molecule has 27 heavy (non-hydrogen) atoms. The number of para-hydroxylation sites is 1. The molecule has 8 nitrogen and oxygen atoms in total. The standard InChI is InChI=1S/C19H21N5O3/c1-13-16(14(2)24(21-13)15-7-5-4-6-8-15)11-22(3)18(26)12-23-10-9-17(25)20-19(23)27/h4-10H,11-12H2,1-3H3,(H,20,25,27). The number of carbonyl (C=O) groups is 1. The van der Waals surface area contributed by atoms with Gasteiger partial charge in [-0.3, -0.25) is 19.1 Å². The quantitative estimate of drug-likeness (QED) is 0.728. The van der Waals surface area contributed by atoms with Gasteiger partial charge in [-0.05, 0) is 26.0 Å². The molecule has 0 unspecified atom stereocenters. The number of amides is 1. The van der Waals surface area contributed by atoms with E-state index in [2.05, 4.69) is 10.1 Å². The van der Waals surface area contributed by atoms with E-state index in [0.29, 0.717) is 6.54 Å². The summed E-state index contributed by atoms with van der Waals surface area (Å²) in [5.41, 5.74) is 2.63. The van der Waals surface area contributed by atoms with Gasteiger partial charge >= 0.3 is 5.69 Å².